The maximum atomic E-state index is 13.5. The molecular weight excluding hydrogens is 448 g/mol. The summed E-state index contributed by atoms with van der Waals surface area (Å²) in [5.41, 5.74) is 2.35. The van der Waals surface area contributed by atoms with E-state index in [0.717, 1.165) is 17.7 Å². The third kappa shape index (κ3) is 4.54. The molecule has 2 aromatic carbocycles. The van der Waals surface area contributed by atoms with Gasteiger partial charge in [-0.15, -0.1) is 0 Å². The summed E-state index contributed by atoms with van der Waals surface area (Å²) in [6.07, 6.45) is -0.117. The number of carbonyl (C=O) groups excluding carboxylic acids is 3. The zero-order valence-corrected chi connectivity index (χ0v) is 18.8. The van der Waals surface area contributed by atoms with Gasteiger partial charge in [-0.25, -0.2) is 13.8 Å². The fourth-order valence-corrected chi connectivity index (χ4v) is 3.89. The normalized spacial score (nSPS) is 15.5. The van der Waals surface area contributed by atoms with Crippen LogP contribution in [0, 0.1) is 11.6 Å². The highest BCUT2D eigenvalue weighted by Crippen LogP contribution is 2.26. The molecular formula is C23H23F2N5O4. The summed E-state index contributed by atoms with van der Waals surface area (Å²) in [6, 6.07) is 6.25. The van der Waals surface area contributed by atoms with Gasteiger partial charge in [0, 0.05) is 44.0 Å². The maximum absolute atomic E-state index is 13.5. The van der Waals surface area contributed by atoms with Gasteiger partial charge >= 0.3 is 5.97 Å². The van der Waals surface area contributed by atoms with Crippen molar-refractivity contribution in [2.75, 3.05) is 26.5 Å². The summed E-state index contributed by atoms with van der Waals surface area (Å²) >= 11 is 0. The van der Waals surface area contributed by atoms with E-state index >= 15 is 0 Å². The van der Waals surface area contributed by atoms with Crippen molar-refractivity contribution in [3.8, 4) is 0 Å². The highest BCUT2D eigenvalue weighted by atomic mass is 19.2. The number of methoxy groups -OCH3 is 1. The van der Waals surface area contributed by atoms with E-state index in [1.54, 1.807) is 32.3 Å². The van der Waals surface area contributed by atoms with Crippen LogP contribution >= 0.6 is 0 Å². The Morgan fingerprint density at radius 3 is 2.71 bits per heavy atom. The summed E-state index contributed by atoms with van der Waals surface area (Å²) in [5, 5.41) is 3.07. The first-order chi connectivity index (χ1) is 16.2. The average Bonchev–Trinajstić information content (AvgIpc) is 3.13. The lowest BCUT2D eigenvalue weighted by Gasteiger charge is -2.19. The van der Waals surface area contributed by atoms with E-state index in [4.69, 9.17) is 0 Å². The number of benzene rings is 2. The molecule has 34 heavy (non-hydrogen) atoms. The third-order valence-electron chi connectivity index (χ3n) is 5.67. The molecule has 2 heterocycles. The number of ether oxygens (including phenoxy) is 1. The van der Waals surface area contributed by atoms with Crippen LogP contribution in [-0.2, 0) is 27.4 Å². The minimum absolute atomic E-state index is 0.0890. The molecule has 178 valence electrons. The smallest absolute Gasteiger partial charge is 0.308 e. The van der Waals surface area contributed by atoms with Crippen molar-refractivity contribution in [1.82, 2.24) is 19.8 Å². The number of hydrogen-bond acceptors (Lipinski definition) is 6. The molecule has 0 spiro atoms. The van der Waals surface area contributed by atoms with E-state index in [1.165, 1.54) is 16.9 Å². The molecule has 3 aromatic rings. The number of aromatic nitrogens is 2. The van der Waals surface area contributed by atoms with E-state index in [-0.39, 0.29) is 36.8 Å². The molecule has 9 nitrogen and oxygen atoms in total. The number of likely N-dealkylation sites (N-methyl/N-ethyl adjacent to an activating group) is 1. The number of halogens is 2. The number of hydrogen-bond donors (Lipinski definition) is 2. The lowest BCUT2D eigenvalue weighted by Crippen LogP contribution is -2.39. The van der Waals surface area contributed by atoms with Gasteiger partial charge in [-0.05, 0) is 23.8 Å². The summed E-state index contributed by atoms with van der Waals surface area (Å²) < 4.78 is 31.6. The first-order valence-electron chi connectivity index (χ1n) is 10.5. The van der Waals surface area contributed by atoms with E-state index in [1.807, 2.05) is 0 Å². The molecule has 4 rings (SSSR count). The topological polar surface area (TPSA) is 108 Å². The second kappa shape index (κ2) is 9.08. The number of amides is 2. The number of anilines is 1. The molecule has 1 atom stereocenters. The molecule has 0 bridgehead atoms. The monoisotopic (exact) mass is 471 g/mol. The van der Waals surface area contributed by atoms with Gasteiger partial charge in [0.15, 0.2) is 11.6 Å². The number of imidazole rings is 1. The number of rotatable bonds is 5. The molecule has 1 aromatic heterocycles. The van der Waals surface area contributed by atoms with E-state index < -0.39 is 23.6 Å². The quantitative estimate of drug-likeness (QED) is 0.554. The zero-order chi connectivity index (χ0) is 24.6. The average molecular weight is 471 g/mol. The number of nitrogens with zero attached hydrogens (tertiary/aromatic N) is 3. The highest BCUT2D eigenvalue weighted by Gasteiger charge is 2.30. The van der Waals surface area contributed by atoms with Crippen LogP contribution in [0.4, 0.5) is 14.5 Å². The number of nitrogens with one attached hydrogen (secondary N) is 2. The molecule has 0 fully saturated rings. The number of carbonyl (C=O) groups is 3. The Morgan fingerprint density at radius 2 is 1.97 bits per heavy atom. The SMILES string of the molecule is COC(=O)C[C@@H]1Nc2ccc(C(=O)N(C)Cc3nc4cc(F)c(F)cc4[nH]3)cc2CN(C)C1=O. The van der Waals surface area contributed by atoms with Crippen molar-refractivity contribution in [2.24, 2.45) is 0 Å². The second-order valence-corrected chi connectivity index (χ2v) is 8.17. The first-order valence-corrected chi connectivity index (χ1v) is 10.5. The summed E-state index contributed by atoms with van der Waals surface area (Å²) in [4.78, 5) is 47.4. The van der Waals surface area contributed by atoms with Crippen molar-refractivity contribution in [3.63, 3.8) is 0 Å². The van der Waals surface area contributed by atoms with Crippen LogP contribution in [0.1, 0.15) is 28.2 Å². The number of aromatic amines is 1. The van der Waals surface area contributed by atoms with Gasteiger partial charge in [-0.1, -0.05) is 0 Å². The van der Waals surface area contributed by atoms with Crippen LogP contribution in [0.3, 0.4) is 0 Å². The van der Waals surface area contributed by atoms with Crippen LogP contribution in [0.15, 0.2) is 30.3 Å². The van der Waals surface area contributed by atoms with Crippen molar-refractivity contribution in [2.45, 2.75) is 25.6 Å². The van der Waals surface area contributed by atoms with E-state index in [9.17, 15) is 23.2 Å². The molecule has 0 saturated heterocycles. The lowest BCUT2D eigenvalue weighted by molar-refractivity contribution is -0.143. The predicted molar refractivity (Wildman–Crippen MR) is 119 cm³/mol. The molecule has 0 unspecified atom stereocenters. The van der Waals surface area contributed by atoms with Crippen molar-refractivity contribution >= 4 is 34.5 Å². The minimum atomic E-state index is -0.995. The molecule has 0 aliphatic carbocycles. The van der Waals surface area contributed by atoms with Gasteiger partial charge in [-0.2, -0.15) is 0 Å². The van der Waals surface area contributed by atoms with Crippen LogP contribution < -0.4 is 5.32 Å². The molecule has 1 aliphatic rings. The number of esters is 1. The zero-order valence-electron chi connectivity index (χ0n) is 18.8. The standard InChI is InChI=1S/C23H23F2N5O4/c1-29-10-13-6-12(4-5-16(13)26-19(23(29)33)9-21(31)34-3)22(32)30(2)11-20-27-17-7-14(24)15(25)8-18(17)28-20/h4-8,19,26H,9-11H2,1-3H3,(H,27,28)/t19-/m0/s1. The van der Waals surface area contributed by atoms with E-state index in [2.05, 4.69) is 20.0 Å². The van der Waals surface area contributed by atoms with Crippen LogP contribution in [0.5, 0.6) is 0 Å². The molecule has 2 N–H and O–H groups in total. The van der Waals surface area contributed by atoms with Gasteiger partial charge in [-0.3, -0.25) is 14.4 Å². The van der Waals surface area contributed by atoms with Gasteiger partial charge in [0.05, 0.1) is 31.1 Å². The molecule has 0 saturated carbocycles. The van der Waals surface area contributed by atoms with Gasteiger partial charge < -0.3 is 24.8 Å². The Balaban J connectivity index is 1.52. The summed E-state index contributed by atoms with van der Waals surface area (Å²) in [6.45, 7) is 0.343. The molecule has 11 heteroatoms. The molecule has 1 aliphatic heterocycles. The van der Waals surface area contributed by atoms with Crippen LogP contribution in [0.25, 0.3) is 11.0 Å². The van der Waals surface area contributed by atoms with Crippen LogP contribution in [-0.4, -0.2) is 64.8 Å². The number of fused-ring (bicyclic) bond motifs is 2. The Kier molecular flexibility index (Phi) is 6.18. The highest BCUT2D eigenvalue weighted by molar-refractivity contribution is 5.95. The Hall–Kier alpha value is -4.02. The van der Waals surface area contributed by atoms with Gasteiger partial charge in [0.25, 0.3) is 5.91 Å². The van der Waals surface area contributed by atoms with Gasteiger partial charge in [0.1, 0.15) is 11.9 Å². The Labute approximate surface area is 193 Å². The lowest BCUT2D eigenvalue weighted by atomic mass is 10.1. The van der Waals surface area contributed by atoms with Crippen LogP contribution in [0.2, 0.25) is 0 Å². The minimum Gasteiger partial charge on any atom is -0.469 e. The second-order valence-electron chi connectivity index (χ2n) is 8.17. The predicted octanol–water partition coefficient (Wildman–Crippen LogP) is 2.43. The molecule has 2 amide bonds. The van der Waals surface area contributed by atoms with Crippen molar-refractivity contribution in [3.05, 3.63) is 58.9 Å². The Morgan fingerprint density at radius 1 is 1.24 bits per heavy atom. The third-order valence-corrected chi connectivity index (χ3v) is 5.67. The largest absolute Gasteiger partial charge is 0.469 e. The number of H-pyrrole nitrogens is 1. The Bertz CT molecular complexity index is 1250. The summed E-state index contributed by atoms with van der Waals surface area (Å²) in [5.74, 6) is -2.67. The van der Waals surface area contributed by atoms with E-state index in [0.29, 0.717) is 22.6 Å². The first kappa shape index (κ1) is 23.1. The maximum Gasteiger partial charge on any atom is 0.308 e. The molecule has 0 radical (unpaired) electrons. The summed E-state index contributed by atoms with van der Waals surface area (Å²) in [7, 11) is 4.47. The van der Waals surface area contributed by atoms with Crippen molar-refractivity contribution < 1.29 is 27.9 Å². The fourth-order valence-electron chi connectivity index (χ4n) is 3.89. The fraction of sp³-hybridized carbons (Fsp3) is 0.304. The van der Waals surface area contributed by atoms with Gasteiger partial charge in [0.2, 0.25) is 5.91 Å². The van der Waals surface area contributed by atoms with Crippen molar-refractivity contribution in [1.29, 1.82) is 0 Å².